The number of pyridine rings is 1. The van der Waals surface area contributed by atoms with Crippen LogP contribution in [0.1, 0.15) is 11.1 Å². The molecular weight excluding hydrogens is 292 g/mol. The Morgan fingerprint density at radius 3 is 3.00 bits per heavy atom. The molecule has 0 aliphatic heterocycles. The van der Waals surface area contributed by atoms with Gasteiger partial charge in [0.15, 0.2) is 9.99 Å². The lowest BCUT2D eigenvalue weighted by atomic mass is 10.1. The molecule has 0 spiro atoms. The van der Waals surface area contributed by atoms with E-state index >= 15 is 0 Å². The number of aromatic amines is 1. The fourth-order valence-electron chi connectivity index (χ4n) is 1.87. The molecule has 2 N–H and O–H groups in total. The van der Waals surface area contributed by atoms with Crippen molar-refractivity contribution in [2.75, 3.05) is 0 Å². The van der Waals surface area contributed by atoms with E-state index in [4.69, 9.17) is 0 Å². The number of aromatic hydroxyl groups is 1. The standard InChI is InChI=1S/C14H12N2O2S2/c1-8-4-2-3-5-9(8)7-19-14-16-13-12(20-14)10(17)6-11(18)15-13/h2-6H,7H2,1H3,(H2,15,17,18). The van der Waals surface area contributed by atoms with Crippen LogP contribution in [-0.2, 0) is 5.75 Å². The minimum atomic E-state index is -0.337. The Balaban J connectivity index is 1.87. The van der Waals surface area contributed by atoms with Gasteiger partial charge in [-0.05, 0) is 18.1 Å². The summed E-state index contributed by atoms with van der Waals surface area (Å²) >= 11 is 2.99. The predicted octanol–water partition coefficient (Wildman–Crippen LogP) is 3.29. The SMILES string of the molecule is Cc1ccccc1CSc1nc2[nH]c(=O)cc(O)c2s1. The number of aromatic nitrogens is 2. The van der Waals surface area contributed by atoms with Crippen molar-refractivity contribution in [2.24, 2.45) is 0 Å². The summed E-state index contributed by atoms with van der Waals surface area (Å²) in [6.07, 6.45) is 0. The van der Waals surface area contributed by atoms with Crippen molar-refractivity contribution in [1.29, 1.82) is 0 Å². The van der Waals surface area contributed by atoms with Gasteiger partial charge < -0.3 is 10.1 Å². The molecule has 2 aromatic heterocycles. The maximum Gasteiger partial charge on any atom is 0.253 e. The van der Waals surface area contributed by atoms with Gasteiger partial charge in [0, 0.05) is 11.8 Å². The average molecular weight is 304 g/mol. The Hall–Kier alpha value is -1.79. The fourth-order valence-corrected chi connectivity index (χ4v) is 3.96. The Morgan fingerprint density at radius 2 is 2.20 bits per heavy atom. The van der Waals surface area contributed by atoms with E-state index in [1.54, 1.807) is 11.8 Å². The molecule has 0 aliphatic carbocycles. The zero-order valence-electron chi connectivity index (χ0n) is 10.7. The second-order valence-corrected chi connectivity index (χ2v) is 6.61. The summed E-state index contributed by atoms with van der Waals surface area (Å²) in [5.74, 6) is 0.807. The molecule has 0 bridgehead atoms. The van der Waals surface area contributed by atoms with E-state index in [1.807, 2.05) is 12.1 Å². The third-order valence-corrected chi connectivity index (χ3v) is 5.23. The Bertz CT molecular complexity index is 823. The number of fused-ring (bicyclic) bond motifs is 1. The molecule has 0 radical (unpaired) electrons. The van der Waals surface area contributed by atoms with Gasteiger partial charge in [-0.15, -0.1) is 11.3 Å². The first-order chi connectivity index (χ1) is 9.63. The molecule has 0 saturated heterocycles. The highest BCUT2D eigenvalue weighted by Gasteiger charge is 2.10. The molecule has 6 heteroatoms. The number of benzene rings is 1. The average Bonchev–Trinajstić information content (AvgIpc) is 2.81. The Morgan fingerprint density at radius 1 is 1.40 bits per heavy atom. The molecule has 3 rings (SSSR count). The zero-order chi connectivity index (χ0) is 14.1. The van der Waals surface area contributed by atoms with Crippen molar-refractivity contribution in [3.63, 3.8) is 0 Å². The Kier molecular flexibility index (Phi) is 3.50. The van der Waals surface area contributed by atoms with Crippen LogP contribution in [0.3, 0.4) is 0 Å². The number of H-pyrrole nitrogens is 1. The first-order valence-corrected chi connectivity index (χ1v) is 7.84. The van der Waals surface area contributed by atoms with Crippen LogP contribution in [0.15, 0.2) is 39.5 Å². The van der Waals surface area contributed by atoms with E-state index in [9.17, 15) is 9.90 Å². The van der Waals surface area contributed by atoms with Crippen molar-refractivity contribution in [2.45, 2.75) is 17.0 Å². The summed E-state index contributed by atoms with van der Waals surface area (Å²) in [7, 11) is 0. The quantitative estimate of drug-likeness (QED) is 0.729. The maximum absolute atomic E-state index is 11.3. The lowest BCUT2D eigenvalue weighted by molar-refractivity contribution is 0.481. The van der Waals surface area contributed by atoms with Crippen molar-refractivity contribution in [3.05, 3.63) is 51.8 Å². The van der Waals surface area contributed by atoms with Gasteiger partial charge in [-0.25, -0.2) is 4.98 Å². The molecule has 0 fully saturated rings. The molecule has 0 atom stereocenters. The number of nitrogens with zero attached hydrogens (tertiary/aromatic N) is 1. The van der Waals surface area contributed by atoms with E-state index in [2.05, 4.69) is 29.0 Å². The van der Waals surface area contributed by atoms with E-state index in [-0.39, 0.29) is 11.3 Å². The highest BCUT2D eigenvalue weighted by Crippen LogP contribution is 2.34. The van der Waals surface area contributed by atoms with Gasteiger partial charge in [0.1, 0.15) is 10.4 Å². The summed E-state index contributed by atoms with van der Waals surface area (Å²) in [6, 6.07) is 9.39. The second-order valence-electron chi connectivity index (χ2n) is 4.39. The summed E-state index contributed by atoms with van der Waals surface area (Å²) < 4.78 is 1.46. The zero-order valence-corrected chi connectivity index (χ0v) is 12.3. The first kappa shape index (κ1) is 13.2. The number of nitrogens with one attached hydrogen (secondary N) is 1. The molecule has 0 unspecified atom stereocenters. The largest absolute Gasteiger partial charge is 0.506 e. The summed E-state index contributed by atoms with van der Waals surface area (Å²) in [5, 5.41) is 9.74. The Labute approximate surface area is 123 Å². The van der Waals surface area contributed by atoms with Crippen molar-refractivity contribution in [1.82, 2.24) is 9.97 Å². The van der Waals surface area contributed by atoms with Gasteiger partial charge in [-0.2, -0.15) is 0 Å². The molecule has 4 nitrogen and oxygen atoms in total. The predicted molar refractivity (Wildman–Crippen MR) is 82.6 cm³/mol. The van der Waals surface area contributed by atoms with Crippen LogP contribution in [0.25, 0.3) is 10.3 Å². The molecule has 0 saturated carbocycles. The normalized spacial score (nSPS) is 11.1. The number of thioether (sulfide) groups is 1. The van der Waals surface area contributed by atoms with Crippen LogP contribution in [0.2, 0.25) is 0 Å². The number of aryl methyl sites for hydroxylation is 1. The van der Waals surface area contributed by atoms with Crippen molar-refractivity contribution >= 4 is 33.4 Å². The second kappa shape index (κ2) is 5.30. The summed E-state index contributed by atoms with van der Waals surface area (Å²) in [4.78, 5) is 18.3. The van der Waals surface area contributed by atoms with E-state index in [0.29, 0.717) is 10.3 Å². The van der Waals surface area contributed by atoms with Gasteiger partial charge in [0.25, 0.3) is 5.56 Å². The van der Waals surface area contributed by atoms with E-state index in [0.717, 1.165) is 10.1 Å². The first-order valence-electron chi connectivity index (χ1n) is 6.03. The smallest absolute Gasteiger partial charge is 0.253 e. The van der Waals surface area contributed by atoms with Gasteiger partial charge >= 0.3 is 0 Å². The van der Waals surface area contributed by atoms with Crippen molar-refractivity contribution in [3.8, 4) is 5.75 Å². The van der Waals surface area contributed by atoms with E-state index < -0.39 is 0 Å². The third kappa shape index (κ3) is 2.57. The summed E-state index contributed by atoms with van der Waals surface area (Å²) in [5.41, 5.74) is 2.62. The lowest BCUT2D eigenvalue weighted by Gasteiger charge is -2.02. The minimum absolute atomic E-state index is 0.0102. The highest BCUT2D eigenvalue weighted by atomic mass is 32.2. The van der Waals surface area contributed by atoms with Crippen LogP contribution < -0.4 is 5.56 Å². The highest BCUT2D eigenvalue weighted by molar-refractivity contribution is 8.00. The van der Waals surface area contributed by atoms with Gasteiger partial charge in [0.2, 0.25) is 0 Å². The van der Waals surface area contributed by atoms with E-state index in [1.165, 1.54) is 28.5 Å². The van der Waals surface area contributed by atoms with Gasteiger partial charge in [0.05, 0.1) is 0 Å². The molecular formula is C14H12N2O2S2. The van der Waals surface area contributed by atoms with Crippen molar-refractivity contribution < 1.29 is 5.11 Å². The van der Waals surface area contributed by atoms with Crippen LogP contribution in [0.5, 0.6) is 5.75 Å². The molecule has 3 aromatic rings. The number of thiazole rings is 1. The number of hydrogen-bond donors (Lipinski definition) is 2. The molecule has 20 heavy (non-hydrogen) atoms. The summed E-state index contributed by atoms with van der Waals surface area (Å²) in [6.45, 7) is 2.08. The van der Waals surface area contributed by atoms with Crippen LogP contribution >= 0.6 is 23.1 Å². The topological polar surface area (TPSA) is 66.0 Å². The minimum Gasteiger partial charge on any atom is -0.506 e. The lowest BCUT2D eigenvalue weighted by Crippen LogP contribution is -2.02. The van der Waals surface area contributed by atoms with Crippen LogP contribution in [0.4, 0.5) is 0 Å². The van der Waals surface area contributed by atoms with Crippen LogP contribution in [-0.4, -0.2) is 15.1 Å². The molecule has 1 aromatic carbocycles. The van der Waals surface area contributed by atoms with Gasteiger partial charge in [-0.1, -0.05) is 36.0 Å². The molecule has 102 valence electrons. The maximum atomic E-state index is 11.3. The number of rotatable bonds is 3. The fraction of sp³-hybridized carbons (Fsp3) is 0.143. The molecule has 0 aliphatic rings. The number of hydrogen-bond acceptors (Lipinski definition) is 5. The third-order valence-electron chi connectivity index (χ3n) is 2.96. The monoisotopic (exact) mass is 304 g/mol. The molecule has 0 amide bonds. The molecule has 2 heterocycles. The van der Waals surface area contributed by atoms with Crippen LogP contribution in [0, 0.1) is 6.92 Å². The van der Waals surface area contributed by atoms with Gasteiger partial charge in [-0.3, -0.25) is 4.79 Å².